The number of hydrogen-bond donors (Lipinski definition) is 2. The lowest BCUT2D eigenvalue weighted by Gasteiger charge is -2.23. The number of hydrogen-bond acceptors (Lipinski definition) is 5. The molecule has 128 valence electrons. The minimum atomic E-state index is -4.68. The van der Waals surface area contributed by atoms with Crippen molar-refractivity contribution in [3.05, 3.63) is 35.7 Å². The van der Waals surface area contributed by atoms with Crippen molar-refractivity contribution < 1.29 is 22.5 Å². The van der Waals surface area contributed by atoms with E-state index in [1.165, 1.54) is 24.3 Å². The van der Waals surface area contributed by atoms with Crippen LogP contribution < -0.4 is 10.6 Å². The van der Waals surface area contributed by atoms with Gasteiger partial charge in [-0.05, 0) is 31.5 Å². The molecule has 1 aromatic carbocycles. The van der Waals surface area contributed by atoms with E-state index in [0.29, 0.717) is 11.1 Å². The standard InChI is InChI=1S/C15H15F3N4O2/c16-15(17,18)14-21-12(22-24-14)9-3-5-10(6-4-9)13(23)20-11-2-1-7-19-8-11/h3-6,11,19H,1-2,7-8H2,(H,20,23)/t11-/m1/s1. The second-order valence-electron chi connectivity index (χ2n) is 5.51. The highest BCUT2D eigenvalue weighted by molar-refractivity contribution is 5.94. The predicted molar refractivity (Wildman–Crippen MR) is 78.1 cm³/mol. The molecule has 0 spiro atoms. The number of alkyl halides is 3. The summed E-state index contributed by atoms with van der Waals surface area (Å²) in [5.74, 6) is -1.80. The number of carbonyl (C=O) groups is 1. The third kappa shape index (κ3) is 3.73. The molecule has 0 saturated carbocycles. The summed E-state index contributed by atoms with van der Waals surface area (Å²) in [7, 11) is 0. The molecule has 1 atom stereocenters. The van der Waals surface area contributed by atoms with Crippen molar-refractivity contribution in [2.45, 2.75) is 25.1 Å². The highest BCUT2D eigenvalue weighted by Crippen LogP contribution is 2.29. The zero-order valence-corrected chi connectivity index (χ0v) is 12.6. The Hall–Kier alpha value is -2.42. The van der Waals surface area contributed by atoms with Crippen LogP contribution in [0.5, 0.6) is 0 Å². The van der Waals surface area contributed by atoms with Crippen LogP contribution in [0.2, 0.25) is 0 Å². The van der Waals surface area contributed by atoms with Crippen molar-refractivity contribution in [1.29, 1.82) is 0 Å². The van der Waals surface area contributed by atoms with Crippen LogP contribution in [0.25, 0.3) is 11.4 Å². The SMILES string of the molecule is O=C(N[C@@H]1CCCNC1)c1ccc(-c2noc(C(F)(F)F)n2)cc1. The van der Waals surface area contributed by atoms with E-state index in [9.17, 15) is 18.0 Å². The molecule has 1 fully saturated rings. The number of piperidine rings is 1. The van der Waals surface area contributed by atoms with Gasteiger partial charge < -0.3 is 15.2 Å². The van der Waals surface area contributed by atoms with Crippen molar-refractivity contribution in [3.8, 4) is 11.4 Å². The van der Waals surface area contributed by atoms with Gasteiger partial charge in [0.25, 0.3) is 5.91 Å². The summed E-state index contributed by atoms with van der Waals surface area (Å²) in [6.45, 7) is 1.68. The largest absolute Gasteiger partial charge is 0.471 e. The second-order valence-corrected chi connectivity index (χ2v) is 5.51. The first-order valence-electron chi connectivity index (χ1n) is 7.46. The first-order valence-corrected chi connectivity index (χ1v) is 7.46. The molecule has 6 nitrogen and oxygen atoms in total. The molecule has 2 N–H and O–H groups in total. The lowest BCUT2D eigenvalue weighted by atomic mass is 10.1. The van der Waals surface area contributed by atoms with Crippen molar-refractivity contribution in [2.75, 3.05) is 13.1 Å². The van der Waals surface area contributed by atoms with Crippen LogP contribution in [0.15, 0.2) is 28.8 Å². The van der Waals surface area contributed by atoms with Crippen molar-refractivity contribution in [1.82, 2.24) is 20.8 Å². The normalized spacial score (nSPS) is 18.4. The first kappa shape index (κ1) is 16.4. The summed E-state index contributed by atoms with van der Waals surface area (Å²) < 4.78 is 41.6. The molecule has 2 heterocycles. The highest BCUT2D eigenvalue weighted by Gasteiger charge is 2.38. The number of carbonyl (C=O) groups excluding carboxylic acids is 1. The van der Waals surface area contributed by atoms with Gasteiger partial charge >= 0.3 is 12.1 Å². The van der Waals surface area contributed by atoms with Crippen molar-refractivity contribution in [3.63, 3.8) is 0 Å². The van der Waals surface area contributed by atoms with Crippen LogP contribution in [0.3, 0.4) is 0 Å². The number of nitrogens with zero attached hydrogens (tertiary/aromatic N) is 2. The van der Waals surface area contributed by atoms with Gasteiger partial charge in [0.05, 0.1) is 0 Å². The maximum atomic E-state index is 12.5. The molecule has 0 aliphatic carbocycles. The molecule has 2 aromatic rings. The lowest BCUT2D eigenvalue weighted by molar-refractivity contribution is -0.159. The lowest BCUT2D eigenvalue weighted by Crippen LogP contribution is -2.45. The molecule has 0 radical (unpaired) electrons. The molecule has 1 aliphatic rings. The number of nitrogens with one attached hydrogen (secondary N) is 2. The molecule has 0 unspecified atom stereocenters. The van der Waals surface area contributed by atoms with Crippen molar-refractivity contribution in [2.24, 2.45) is 0 Å². The average Bonchev–Trinajstić information content (AvgIpc) is 3.06. The number of amides is 1. The van der Waals surface area contributed by atoms with E-state index in [1.807, 2.05) is 0 Å². The van der Waals surface area contributed by atoms with Gasteiger partial charge in [0.2, 0.25) is 5.82 Å². The molecule has 3 rings (SSSR count). The van der Waals surface area contributed by atoms with Crippen LogP contribution in [0.1, 0.15) is 29.1 Å². The summed E-state index contributed by atoms with van der Waals surface area (Å²) in [5, 5.41) is 9.43. The van der Waals surface area contributed by atoms with Gasteiger partial charge in [0, 0.05) is 23.7 Å². The Morgan fingerprint density at radius 3 is 2.62 bits per heavy atom. The van der Waals surface area contributed by atoms with Gasteiger partial charge in [-0.15, -0.1) is 0 Å². The molecule has 1 aromatic heterocycles. The second kappa shape index (κ2) is 6.60. The van der Waals surface area contributed by atoms with E-state index in [0.717, 1.165) is 25.9 Å². The van der Waals surface area contributed by atoms with Crippen LogP contribution in [-0.4, -0.2) is 35.2 Å². The Balaban J connectivity index is 1.68. The molecule has 24 heavy (non-hydrogen) atoms. The highest BCUT2D eigenvalue weighted by atomic mass is 19.4. The molecular formula is C15H15F3N4O2. The Kier molecular flexibility index (Phi) is 4.52. The van der Waals surface area contributed by atoms with E-state index in [-0.39, 0.29) is 17.8 Å². The Bertz CT molecular complexity index is 706. The van der Waals surface area contributed by atoms with Crippen LogP contribution in [0, 0.1) is 0 Å². The summed E-state index contributed by atoms with van der Waals surface area (Å²) in [6.07, 6.45) is -2.76. The zero-order chi connectivity index (χ0) is 17.2. The summed E-state index contributed by atoms with van der Waals surface area (Å²) in [4.78, 5) is 15.5. The fourth-order valence-electron chi connectivity index (χ4n) is 2.47. The quantitative estimate of drug-likeness (QED) is 0.896. The van der Waals surface area contributed by atoms with Gasteiger partial charge in [-0.3, -0.25) is 4.79 Å². The van der Waals surface area contributed by atoms with Gasteiger partial charge in [0.1, 0.15) is 0 Å². The molecule has 1 saturated heterocycles. The van der Waals surface area contributed by atoms with Gasteiger partial charge in [0.15, 0.2) is 0 Å². The Morgan fingerprint density at radius 1 is 1.29 bits per heavy atom. The van der Waals surface area contributed by atoms with E-state index in [4.69, 9.17) is 0 Å². The minimum absolute atomic E-state index is 0.0810. The molecular weight excluding hydrogens is 325 g/mol. The van der Waals surface area contributed by atoms with Crippen molar-refractivity contribution >= 4 is 5.91 Å². The van der Waals surface area contributed by atoms with E-state index in [1.54, 1.807) is 0 Å². The van der Waals surface area contributed by atoms with Crippen LogP contribution in [0.4, 0.5) is 13.2 Å². The average molecular weight is 340 g/mol. The number of benzene rings is 1. The van der Waals surface area contributed by atoms with Crippen LogP contribution >= 0.6 is 0 Å². The predicted octanol–water partition coefficient (Wildman–Crippen LogP) is 2.24. The summed E-state index contributed by atoms with van der Waals surface area (Å²) >= 11 is 0. The smallest absolute Gasteiger partial charge is 0.348 e. The summed E-state index contributed by atoms with van der Waals surface area (Å²) in [6, 6.07) is 6.09. The topological polar surface area (TPSA) is 80.0 Å². The van der Waals surface area contributed by atoms with Gasteiger partial charge in [-0.25, -0.2) is 0 Å². The summed E-state index contributed by atoms with van der Waals surface area (Å²) in [5.41, 5.74) is 0.758. The minimum Gasteiger partial charge on any atom is -0.348 e. The maximum Gasteiger partial charge on any atom is 0.471 e. The van der Waals surface area contributed by atoms with E-state index < -0.39 is 12.1 Å². The van der Waals surface area contributed by atoms with E-state index >= 15 is 0 Å². The fourth-order valence-corrected chi connectivity index (χ4v) is 2.47. The van der Waals surface area contributed by atoms with Crippen LogP contribution in [-0.2, 0) is 6.18 Å². The van der Waals surface area contributed by atoms with Gasteiger partial charge in [-0.1, -0.05) is 17.3 Å². The third-order valence-electron chi connectivity index (χ3n) is 3.71. The number of halogens is 3. The Labute approximate surface area is 135 Å². The fraction of sp³-hybridized carbons (Fsp3) is 0.400. The molecule has 9 heteroatoms. The number of rotatable bonds is 3. The van der Waals surface area contributed by atoms with E-state index in [2.05, 4.69) is 25.3 Å². The maximum absolute atomic E-state index is 12.5. The molecule has 1 aliphatic heterocycles. The zero-order valence-electron chi connectivity index (χ0n) is 12.6. The third-order valence-corrected chi connectivity index (χ3v) is 3.71. The monoisotopic (exact) mass is 340 g/mol. The van der Waals surface area contributed by atoms with Gasteiger partial charge in [-0.2, -0.15) is 18.2 Å². The number of aromatic nitrogens is 2. The molecule has 1 amide bonds. The Morgan fingerprint density at radius 2 is 2.04 bits per heavy atom. The molecule has 0 bridgehead atoms. The first-order chi connectivity index (χ1) is 11.4.